The van der Waals surface area contributed by atoms with Crippen molar-refractivity contribution in [3.8, 4) is 0 Å². The van der Waals surface area contributed by atoms with Crippen molar-refractivity contribution in [2.45, 2.75) is 30.6 Å². The molecule has 0 atom stereocenters. The van der Waals surface area contributed by atoms with Crippen LogP contribution in [0.2, 0.25) is 0 Å². The summed E-state index contributed by atoms with van der Waals surface area (Å²) in [7, 11) is -4.50. The minimum absolute atomic E-state index is 0.0961. The molecule has 60 valence electrons. The lowest BCUT2D eigenvalue weighted by molar-refractivity contribution is 0.119. The van der Waals surface area contributed by atoms with Gasteiger partial charge in [0, 0.05) is 0 Å². The lowest BCUT2D eigenvalue weighted by atomic mass is 10.3. The number of hydrogen-bond donors (Lipinski definition) is 1. The van der Waals surface area contributed by atoms with Crippen molar-refractivity contribution in [1.29, 1.82) is 0 Å². The first kappa shape index (κ1) is 7.97. The molecule has 0 heterocycles. The number of rotatable bonds is 1. The largest absolute Gasteiger partial charge is 0.746 e. The smallest absolute Gasteiger partial charge is 0.153 e. The van der Waals surface area contributed by atoms with E-state index in [0.717, 1.165) is 0 Å². The van der Waals surface area contributed by atoms with Crippen molar-refractivity contribution in [2.75, 3.05) is 0 Å². The number of aliphatic hydroxyl groups is 1. The summed E-state index contributed by atoms with van der Waals surface area (Å²) in [6, 6.07) is 0. The van der Waals surface area contributed by atoms with Crippen molar-refractivity contribution in [3.63, 3.8) is 0 Å². The Balaban J connectivity index is 2.88. The van der Waals surface area contributed by atoms with Crippen LogP contribution in [-0.4, -0.2) is 23.0 Å². The highest BCUT2D eigenvalue weighted by atomic mass is 32.2. The maximum atomic E-state index is 10.3. The first-order valence-electron chi connectivity index (χ1n) is 3.13. The molecule has 1 N–H and O–H groups in total. The van der Waals surface area contributed by atoms with Gasteiger partial charge in [-0.25, -0.2) is 8.42 Å². The van der Waals surface area contributed by atoms with Crippen molar-refractivity contribution in [2.24, 2.45) is 0 Å². The van der Waals surface area contributed by atoms with Gasteiger partial charge in [-0.1, -0.05) is 0 Å². The third-order valence-electron chi connectivity index (χ3n) is 1.85. The molecule has 0 bridgehead atoms. The van der Waals surface area contributed by atoms with Gasteiger partial charge in [-0.15, -0.1) is 0 Å². The quantitative estimate of drug-likeness (QED) is 0.545. The first-order valence-corrected chi connectivity index (χ1v) is 4.54. The molecule has 0 aromatic carbocycles. The fraction of sp³-hybridized carbons (Fsp3) is 1.00. The minimum atomic E-state index is -4.50. The van der Waals surface area contributed by atoms with Gasteiger partial charge in [-0.2, -0.15) is 0 Å². The van der Waals surface area contributed by atoms with Crippen molar-refractivity contribution in [1.82, 2.24) is 0 Å². The monoisotopic (exact) mass is 165 g/mol. The first-order chi connectivity index (χ1) is 4.46. The lowest BCUT2D eigenvalue weighted by Crippen LogP contribution is -2.34. The molecule has 4 nitrogen and oxygen atoms in total. The van der Waals surface area contributed by atoms with Gasteiger partial charge in [0.2, 0.25) is 0 Å². The molecule has 0 amide bonds. The second-order valence-electron chi connectivity index (χ2n) is 2.61. The van der Waals surface area contributed by atoms with E-state index in [1.54, 1.807) is 0 Å². The summed E-state index contributed by atoms with van der Waals surface area (Å²) in [4.78, 5) is -1.95. The second kappa shape index (κ2) is 2.18. The van der Waals surface area contributed by atoms with E-state index in [2.05, 4.69) is 0 Å². The van der Waals surface area contributed by atoms with Crippen LogP contribution in [-0.2, 0) is 10.1 Å². The molecule has 0 saturated heterocycles. The molecule has 0 spiro atoms. The third-order valence-corrected chi connectivity index (χ3v) is 3.19. The van der Waals surface area contributed by atoms with Crippen LogP contribution in [0.4, 0.5) is 0 Å². The zero-order chi connectivity index (χ0) is 7.83. The maximum absolute atomic E-state index is 10.3. The van der Waals surface area contributed by atoms with E-state index >= 15 is 0 Å². The van der Waals surface area contributed by atoms with E-state index in [-0.39, 0.29) is 12.8 Å². The molecule has 10 heavy (non-hydrogen) atoms. The highest BCUT2D eigenvalue weighted by Crippen LogP contribution is 2.33. The van der Waals surface area contributed by atoms with Gasteiger partial charge in [0.15, 0.2) is 4.93 Å². The topological polar surface area (TPSA) is 77.4 Å². The molecule has 0 unspecified atom stereocenters. The third kappa shape index (κ3) is 1.16. The predicted molar refractivity (Wildman–Crippen MR) is 33.1 cm³/mol. The molecule has 0 aromatic heterocycles. The Labute approximate surface area is 59.6 Å². The molecule has 1 saturated carbocycles. The summed E-state index contributed by atoms with van der Waals surface area (Å²) in [6.07, 6.45) is 1.44. The summed E-state index contributed by atoms with van der Waals surface area (Å²) in [6.45, 7) is 0. The average molecular weight is 165 g/mol. The van der Waals surface area contributed by atoms with E-state index in [4.69, 9.17) is 5.11 Å². The molecule has 1 aliphatic carbocycles. The van der Waals surface area contributed by atoms with Crippen LogP contribution < -0.4 is 0 Å². The Hall–Kier alpha value is -0.130. The van der Waals surface area contributed by atoms with Gasteiger partial charge in [-0.3, -0.25) is 0 Å². The fourth-order valence-corrected chi connectivity index (χ4v) is 1.97. The highest BCUT2D eigenvalue weighted by molar-refractivity contribution is 7.87. The van der Waals surface area contributed by atoms with Crippen molar-refractivity contribution < 1.29 is 18.1 Å². The molecule has 0 aliphatic heterocycles. The van der Waals surface area contributed by atoms with Gasteiger partial charge in [-0.05, 0) is 25.7 Å². The molecule has 1 aliphatic rings. The molecule has 0 radical (unpaired) electrons. The summed E-state index contributed by atoms with van der Waals surface area (Å²) in [5, 5.41) is 9.13. The van der Waals surface area contributed by atoms with Crippen LogP contribution in [0.3, 0.4) is 0 Å². The Kier molecular flexibility index (Phi) is 1.74. The zero-order valence-corrected chi connectivity index (χ0v) is 6.23. The van der Waals surface area contributed by atoms with Crippen LogP contribution >= 0.6 is 0 Å². The zero-order valence-electron chi connectivity index (χ0n) is 5.41. The van der Waals surface area contributed by atoms with Gasteiger partial charge in [0.05, 0.1) is 0 Å². The molecular weight excluding hydrogens is 156 g/mol. The normalized spacial score (nSPS) is 25.0. The van der Waals surface area contributed by atoms with Gasteiger partial charge in [0.25, 0.3) is 0 Å². The van der Waals surface area contributed by atoms with E-state index in [1.165, 1.54) is 0 Å². The minimum Gasteiger partial charge on any atom is -0.746 e. The van der Waals surface area contributed by atoms with Crippen LogP contribution in [0, 0.1) is 0 Å². The Morgan fingerprint density at radius 3 is 1.90 bits per heavy atom. The summed E-state index contributed by atoms with van der Waals surface area (Å²) in [5.74, 6) is 0. The maximum Gasteiger partial charge on any atom is 0.153 e. The predicted octanol–water partition coefficient (Wildman–Crippen LogP) is -0.206. The highest BCUT2D eigenvalue weighted by Gasteiger charge is 2.37. The summed E-state index contributed by atoms with van der Waals surface area (Å²) >= 11 is 0. The van der Waals surface area contributed by atoms with Gasteiger partial charge in [0.1, 0.15) is 10.1 Å². The lowest BCUT2D eigenvalue weighted by Gasteiger charge is -2.25. The van der Waals surface area contributed by atoms with Crippen molar-refractivity contribution in [3.05, 3.63) is 0 Å². The van der Waals surface area contributed by atoms with E-state index in [0.29, 0.717) is 12.8 Å². The van der Waals surface area contributed by atoms with E-state index < -0.39 is 15.1 Å². The molecule has 1 rings (SSSR count). The molecule has 5 heteroatoms. The Morgan fingerprint density at radius 2 is 1.70 bits per heavy atom. The van der Waals surface area contributed by atoms with Crippen LogP contribution in [0.15, 0.2) is 0 Å². The fourth-order valence-electron chi connectivity index (χ4n) is 1.18. The standard InChI is InChI=1S/C5H10O4S/c6-5(10(7,8)9)3-1-2-4-5/h6H,1-4H2,(H,7,8,9)/p-1. The number of hydrogen-bond acceptors (Lipinski definition) is 4. The second-order valence-corrected chi connectivity index (χ2v) is 4.28. The summed E-state index contributed by atoms with van der Waals surface area (Å²) < 4.78 is 31.0. The van der Waals surface area contributed by atoms with Crippen LogP contribution in [0.5, 0.6) is 0 Å². The molecule has 1 fully saturated rings. The van der Waals surface area contributed by atoms with E-state index in [9.17, 15) is 13.0 Å². The Bertz CT molecular complexity index is 212. The van der Waals surface area contributed by atoms with E-state index in [1.807, 2.05) is 0 Å². The Morgan fingerprint density at radius 1 is 1.30 bits per heavy atom. The SMILES string of the molecule is O=S(=O)([O-])C1(O)CCCC1. The molecule has 0 aromatic rings. The van der Waals surface area contributed by atoms with Crippen molar-refractivity contribution >= 4 is 10.1 Å². The average Bonchev–Trinajstić information content (AvgIpc) is 2.13. The molecular formula is C5H9O4S-. The summed E-state index contributed by atoms with van der Waals surface area (Å²) in [5.41, 5.74) is 0. The van der Waals surface area contributed by atoms with Gasteiger partial charge < -0.3 is 9.66 Å². The van der Waals surface area contributed by atoms with Gasteiger partial charge >= 0.3 is 0 Å². The van der Waals surface area contributed by atoms with Crippen LogP contribution in [0.25, 0.3) is 0 Å². The van der Waals surface area contributed by atoms with Crippen LogP contribution in [0.1, 0.15) is 25.7 Å².